The number of carbonyl (C=O) groups excluding carboxylic acids is 1. The van der Waals surface area contributed by atoms with Crippen molar-refractivity contribution in [1.82, 2.24) is 20.0 Å². The average molecular weight is 271 g/mol. The van der Waals surface area contributed by atoms with Crippen molar-refractivity contribution in [2.75, 3.05) is 26.2 Å². The first-order valence-electron chi connectivity index (χ1n) is 6.38. The maximum atomic E-state index is 12.5. The molecule has 0 unspecified atom stereocenters. The summed E-state index contributed by atoms with van der Waals surface area (Å²) in [7, 11) is 0. The van der Waals surface area contributed by atoms with Crippen LogP contribution in [0.1, 0.15) is 29.4 Å². The Bertz CT molecular complexity index is 436. The van der Waals surface area contributed by atoms with Crippen LogP contribution in [-0.4, -0.2) is 46.8 Å². The third-order valence-electron chi connectivity index (χ3n) is 3.21. The minimum atomic E-state index is 0.000833. The van der Waals surface area contributed by atoms with Gasteiger partial charge in [-0.25, -0.2) is 0 Å². The van der Waals surface area contributed by atoms with E-state index in [9.17, 15) is 4.79 Å². The molecule has 0 radical (unpaired) electrons. The van der Waals surface area contributed by atoms with Gasteiger partial charge in [-0.05, 0) is 26.8 Å². The van der Waals surface area contributed by atoms with Crippen molar-refractivity contribution in [1.29, 1.82) is 0 Å². The number of nitrogens with zero attached hydrogens (tertiary/aromatic N) is 3. The van der Waals surface area contributed by atoms with Crippen molar-refractivity contribution in [2.24, 2.45) is 0 Å². The molecule has 1 amide bonds. The minimum absolute atomic E-state index is 0.000833. The largest absolute Gasteiger partial charge is 0.337 e. The van der Waals surface area contributed by atoms with Crippen molar-refractivity contribution in [2.45, 2.75) is 26.8 Å². The van der Waals surface area contributed by atoms with Crippen LogP contribution in [0.3, 0.4) is 0 Å². The molecule has 18 heavy (non-hydrogen) atoms. The second kappa shape index (κ2) is 5.71. The molecule has 5 nitrogen and oxygen atoms in total. The Morgan fingerprint density at radius 1 is 1.44 bits per heavy atom. The van der Waals surface area contributed by atoms with Gasteiger partial charge in [0.25, 0.3) is 5.91 Å². The Kier molecular flexibility index (Phi) is 4.24. The summed E-state index contributed by atoms with van der Waals surface area (Å²) in [5.74, 6) is 0.000833. The molecular weight excluding hydrogens is 252 g/mol. The van der Waals surface area contributed by atoms with Gasteiger partial charge >= 0.3 is 0 Å². The predicted molar refractivity (Wildman–Crippen MR) is 71.0 cm³/mol. The van der Waals surface area contributed by atoms with Crippen molar-refractivity contribution in [3.63, 3.8) is 0 Å². The zero-order valence-corrected chi connectivity index (χ0v) is 11.6. The fourth-order valence-corrected chi connectivity index (χ4v) is 2.59. The van der Waals surface area contributed by atoms with E-state index in [-0.39, 0.29) is 5.91 Å². The Morgan fingerprint density at radius 2 is 2.22 bits per heavy atom. The second-order valence-electron chi connectivity index (χ2n) is 4.46. The summed E-state index contributed by atoms with van der Waals surface area (Å²) in [6.45, 7) is 7.78. The molecule has 0 atom stereocenters. The van der Waals surface area contributed by atoms with E-state index in [1.54, 1.807) is 4.68 Å². The number of aromatic nitrogens is 2. The highest BCUT2D eigenvalue weighted by Gasteiger charge is 2.24. The molecule has 1 aromatic rings. The molecule has 1 aliphatic heterocycles. The van der Waals surface area contributed by atoms with Crippen LogP contribution in [0, 0.1) is 6.92 Å². The highest BCUT2D eigenvalue weighted by Crippen LogP contribution is 2.21. The van der Waals surface area contributed by atoms with Gasteiger partial charge < -0.3 is 10.2 Å². The Morgan fingerprint density at radius 3 is 2.89 bits per heavy atom. The standard InChI is InChI=1S/C12H19ClN4O/c1-3-17-11(13)10(9(2)15-17)12(18)16-7-4-5-14-6-8-16/h14H,3-8H2,1-2H3. The van der Waals surface area contributed by atoms with Gasteiger partial charge in [-0.1, -0.05) is 11.6 Å². The lowest BCUT2D eigenvalue weighted by molar-refractivity contribution is 0.0766. The molecule has 0 saturated carbocycles. The molecule has 100 valence electrons. The molecule has 0 aromatic carbocycles. The smallest absolute Gasteiger partial charge is 0.258 e. The van der Waals surface area contributed by atoms with E-state index < -0.39 is 0 Å². The Balaban J connectivity index is 2.24. The molecule has 2 rings (SSSR count). The molecule has 0 bridgehead atoms. The number of amides is 1. The minimum Gasteiger partial charge on any atom is -0.337 e. The molecule has 1 N–H and O–H groups in total. The second-order valence-corrected chi connectivity index (χ2v) is 4.82. The van der Waals surface area contributed by atoms with Crippen molar-refractivity contribution >= 4 is 17.5 Å². The maximum Gasteiger partial charge on any atom is 0.258 e. The number of hydrogen-bond acceptors (Lipinski definition) is 3. The Labute approximate surface area is 112 Å². The van der Waals surface area contributed by atoms with Crippen LogP contribution in [0.15, 0.2) is 0 Å². The van der Waals surface area contributed by atoms with Crippen molar-refractivity contribution < 1.29 is 4.79 Å². The Hall–Kier alpha value is -1.07. The van der Waals surface area contributed by atoms with Crippen molar-refractivity contribution in [3.05, 3.63) is 16.4 Å². The number of aryl methyl sites for hydroxylation is 2. The van der Waals surface area contributed by atoms with Gasteiger partial charge in [0.1, 0.15) is 5.15 Å². The van der Waals surface area contributed by atoms with Gasteiger partial charge in [-0.2, -0.15) is 5.10 Å². The summed E-state index contributed by atoms with van der Waals surface area (Å²) in [5.41, 5.74) is 1.27. The highest BCUT2D eigenvalue weighted by molar-refractivity contribution is 6.33. The summed E-state index contributed by atoms with van der Waals surface area (Å²) in [4.78, 5) is 14.3. The maximum absolute atomic E-state index is 12.5. The molecule has 0 spiro atoms. The SMILES string of the molecule is CCn1nc(C)c(C(=O)N2CCCNCC2)c1Cl. The van der Waals surface area contributed by atoms with E-state index in [1.165, 1.54) is 0 Å². The first-order chi connectivity index (χ1) is 8.65. The summed E-state index contributed by atoms with van der Waals surface area (Å²) in [6.07, 6.45) is 0.977. The van der Waals surface area contributed by atoms with Crippen LogP contribution < -0.4 is 5.32 Å². The molecule has 1 fully saturated rings. The molecule has 2 heterocycles. The van der Waals surface area contributed by atoms with Crippen LogP contribution in [-0.2, 0) is 6.54 Å². The summed E-state index contributed by atoms with van der Waals surface area (Å²) < 4.78 is 1.67. The fourth-order valence-electron chi connectivity index (χ4n) is 2.21. The number of halogens is 1. The monoisotopic (exact) mass is 270 g/mol. The summed E-state index contributed by atoms with van der Waals surface area (Å²) in [5, 5.41) is 8.03. The van der Waals surface area contributed by atoms with Crippen molar-refractivity contribution in [3.8, 4) is 0 Å². The number of nitrogens with one attached hydrogen (secondary N) is 1. The van der Waals surface area contributed by atoms with E-state index in [1.807, 2.05) is 18.7 Å². The van der Waals surface area contributed by atoms with E-state index in [0.29, 0.717) is 23.0 Å². The topological polar surface area (TPSA) is 50.2 Å². The third kappa shape index (κ3) is 2.52. The van der Waals surface area contributed by atoms with E-state index in [4.69, 9.17) is 11.6 Å². The van der Waals surface area contributed by atoms with Gasteiger partial charge in [0.2, 0.25) is 0 Å². The van der Waals surface area contributed by atoms with Gasteiger partial charge in [0.05, 0.1) is 11.3 Å². The summed E-state index contributed by atoms with van der Waals surface area (Å²) in [6, 6.07) is 0. The van der Waals surface area contributed by atoms with Crippen LogP contribution in [0.5, 0.6) is 0 Å². The molecule has 1 aliphatic rings. The first kappa shape index (κ1) is 13.4. The lowest BCUT2D eigenvalue weighted by Gasteiger charge is -2.19. The number of hydrogen-bond donors (Lipinski definition) is 1. The molecule has 6 heteroatoms. The quantitative estimate of drug-likeness (QED) is 0.881. The first-order valence-corrected chi connectivity index (χ1v) is 6.75. The zero-order chi connectivity index (χ0) is 13.1. The number of carbonyl (C=O) groups is 1. The molecular formula is C12H19ClN4O. The number of rotatable bonds is 2. The van der Waals surface area contributed by atoms with Gasteiger partial charge in [0.15, 0.2) is 0 Å². The lowest BCUT2D eigenvalue weighted by Crippen LogP contribution is -2.34. The predicted octanol–water partition coefficient (Wildman–Crippen LogP) is 1.30. The summed E-state index contributed by atoms with van der Waals surface area (Å²) >= 11 is 6.22. The molecule has 0 aliphatic carbocycles. The third-order valence-corrected chi connectivity index (χ3v) is 3.59. The lowest BCUT2D eigenvalue weighted by atomic mass is 10.2. The van der Waals surface area contributed by atoms with Gasteiger partial charge in [-0.3, -0.25) is 9.48 Å². The van der Waals surface area contributed by atoms with Crippen LogP contribution in [0.4, 0.5) is 0 Å². The van der Waals surface area contributed by atoms with E-state index in [0.717, 1.165) is 32.6 Å². The van der Waals surface area contributed by atoms with Crippen LogP contribution >= 0.6 is 11.6 Å². The zero-order valence-electron chi connectivity index (χ0n) is 10.9. The van der Waals surface area contributed by atoms with E-state index in [2.05, 4.69) is 10.4 Å². The van der Waals surface area contributed by atoms with Crippen LogP contribution in [0.25, 0.3) is 0 Å². The van der Waals surface area contributed by atoms with Gasteiger partial charge in [0, 0.05) is 26.2 Å². The normalized spacial score (nSPS) is 16.7. The van der Waals surface area contributed by atoms with E-state index >= 15 is 0 Å². The highest BCUT2D eigenvalue weighted by atomic mass is 35.5. The van der Waals surface area contributed by atoms with Crippen LogP contribution in [0.2, 0.25) is 5.15 Å². The molecule has 1 saturated heterocycles. The average Bonchev–Trinajstić information content (AvgIpc) is 2.58. The molecule has 1 aromatic heterocycles. The fraction of sp³-hybridized carbons (Fsp3) is 0.667. The van der Waals surface area contributed by atoms with Gasteiger partial charge in [-0.15, -0.1) is 0 Å².